The number of nitrogens with one attached hydrogen (secondary N) is 2. The van der Waals surface area contributed by atoms with Gasteiger partial charge in [-0.2, -0.15) is 5.26 Å². The van der Waals surface area contributed by atoms with Crippen LogP contribution in [0, 0.1) is 18.3 Å². The van der Waals surface area contributed by atoms with Crippen LogP contribution in [0.15, 0.2) is 42.5 Å². The topological polar surface area (TPSA) is 91.2 Å². The van der Waals surface area contributed by atoms with Crippen molar-refractivity contribution >= 4 is 17.5 Å². The molecule has 0 aliphatic carbocycles. The molecule has 0 heterocycles. The summed E-state index contributed by atoms with van der Waals surface area (Å²) in [5.41, 5.74) is 3.12. The summed E-state index contributed by atoms with van der Waals surface area (Å²) in [5.74, 6) is 0.0393. The van der Waals surface area contributed by atoms with Crippen LogP contribution in [0.5, 0.6) is 5.75 Å². The molecule has 0 radical (unpaired) electrons. The van der Waals surface area contributed by atoms with E-state index in [0.29, 0.717) is 23.4 Å². The average Bonchev–Trinajstić information content (AvgIpc) is 2.65. The van der Waals surface area contributed by atoms with Crippen LogP contribution in [0.25, 0.3) is 0 Å². The molecule has 2 N–H and O–H groups in total. The Morgan fingerprint density at radius 2 is 1.85 bits per heavy atom. The summed E-state index contributed by atoms with van der Waals surface area (Å²) in [7, 11) is 1.53. The zero-order valence-corrected chi connectivity index (χ0v) is 14.8. The summed E-state index contributed by atoms with van der Waals surface area (Å²) in [6.07, 6.45) is 0.817. The van der Waals surface area contributed by atoms with E-state index >= 15 is 0 Å². The van der Waals surface area contributed by atoms with E-state index in [1.807, 2.05) is 31.2 Å². The number of carbonyl (C=O) groups excluding carboxylic acids is 2. The SMILES string of the molecule is COc1ccc(C)cc1NC(=O)CNC(=O)CCc1ccc(C#N)cc1. The smallest absolute Gasteiger partial charge is 0.243 e. The van der Waals surface area contributed by atoms with Gasteiger partial charge in [-0.05, 0) is 48.7 Å². The van der Waals surface area contributed by atoms with Gasteiger partial charge in [0.05, 0.1) is 31.0 Å². The van der Waals surface area contributed by atoms with Crippen LogP contribution < -0.4 is 15.4 Å². The van der Waals surface area contributed by atoms with Crippen molar-refractivity contribution in [2.45, 2.75) is 19.8 Å². The highest BCUT2D eigenvalue weighted by Gasteiger charge is 2.09. The van der Waals surface area contributed by atoms with Crippen molar-refractivity contribution < 1.29 is 14.3 Å². The minimum Gasteiger partial charge on any atom is -0.495 e. The minimum atomic E-state index is -0.319. The fraction of sp³-hybridized carbons (Fsp3) is 0.250. The van der Waals surface area contributed by atoms with Crippen LogP contribution in [0.1, 0.15) is 23.1 Å². The van der Waals surface area contributed by atoms with E-state index in [0.717, 1.165) is 11.1 Å². The molecule has 2 aromatic rings. The van der Waals surface area contributed by atoms with Crippen LogP contribution >= 0.6 is 0 Å². The number of carbonyl (C=O) groups is 2. The number of hydrogen-bond acceptors (Lipinski definition) is 4. The van der Waals surface area contributed by atoms with Gasteiger partial charge in [0.15, 0.2) is 0 Å². The molecule has 26 heavy (non-hydrogen) atoms. The van der Waals surface area contributed by atoms with Gasteiger partial charge in [-0.25, -0.2) is 0 Å². The van der Waals surface area contributed by atoms with Crippen LogP contribution in [0.4, 0.5) is 5.69 Å². The van der Waals surface area contributed by atoms with Crippen molar-refractivity contribution in [2.75, 3.05) is 19.0 Å². The predicted molar refractivity (Wildman–Crippen MR) is 98.8 cm³/mol. The van der Waals surface area contributed by atoms with Crippen LogP contribution in [-0.4, -0.2) is 25.5 Å². The van der Waals surface area contributed by atoms with Gasteiger partial charge < -0.3 is 15.4 Å². The summed E-state index contributed by atoms with van der Waals surface area (Å²) in [5, 5.41) is 14.1. The first-order valence-corrected chi connectivity index (χ1v) is 8.22. The summed E-state index contributed by atoms with van der Waals surface area (Å²) in [6.45, 7) is 1.81. The van der Waals surface area contributed by atoms with Gasteiger partial charge in [0.2, 0.25) is 11.8 Å². The molecule has 0 aliphatic rings. The van der Waals surface area contributed by atoms with Crippen molar-refractivity contribution in [2.24, 2.45) is 0 Å². The number of nitrogens with zero attached hydrogens (tertiary/aromatic N) is 1. The number of rotatable bonds is 7. The Labute approximate surface area is 152 Å². The van der Waals surface area contributed by atoms with E-state index in [1.165, 1.54) is 7.11 Å². The fourth-order valence-corrected chi connectivity index (χ4v) is 2.38. The van der Waals surface area contributed by atoms with Crippen LogP contribution in [0.3, 0.4) is 0 Å². The highest BCUT2D eigenvalue weighted by molar-refractivity contribution is 5.95. The molecule has 0 atom stereocenters. The lowest BCUT2D eigenvalue weighted by molar-refractivity contribution is -0.124. The Morgan fingerprint density at radius 1 is 1.12 bits per heavy atom. The summed E-state index contributed by atoms with van der Waals surface area (Å²) in [6, 6.07) is 14.6. The Kier molecular flexibility index (Phi) is 6.75. The van der Waals surface area contributed by atoms with Gasteiger partial charge in [-0.1, -0.05) is 18.2 Å². The molecule has 0 spiro atoms. The molecule has 6 nitrogen and oxygen atoms in total. The maximum atomic E-state index is 12.0. The average molecular weight is 351 g/mol. The van der Waals surface area contributed by atoms with Gasteiger partial charge in [0, 0.05) is 6.42 Å². The van der Waals surface area contributed by atoms with E-state index in [2.05, 4.69) is 16.7 Å². The van der Waals surface area contributed by atoms with Crippen LogP contribution in [-0.2, 0) is 16.0 Å². The standard InChI is InChI=1S/C20H21N3O3/c1-14-3-9-18(26-2)17(11-14)23-20(25)13-22-19(24)10-8-15-4-6-16(12-21)7-5-15/h3-7,9,11H,8,10,13H2,1-2H3,(H,22,24)(H,23,25). The number of amides is 2. The highest BCUT2D eigenvalue weighted by Crippen LogP contribution is 2.24. The Bertz CT molecular complexity index is 823. The molecular weight excluding hydrogens is 330 g/mol. The molecule has 134 valence electrons. The van der Waals surface area contributed by atoms with E-state index in [-0.39, 0.29) is 24.8 Å². The number of hydrogen-bond donors (Lipinski definition) is 2. The second-order valence-electron chi connectivity index (χ2n) is 5.84. The van der Waals surface area contributed by atoms with Gasteiger partial charge >= 0.3 is 0 Å². The largest absolute Gasteiger partial charge is 0.495 e. The Morgan fingerprint density at radius 3 is 2.50 bits per heavy atom. The molecule has 6 heteroatoms. The maximum Gasteiger partial charge on any atom is 0.243 e. The zero-order chi connectivity index (χ0) is 18.9. The molecule has 0 saturated carbocycles. The zero-order valence-electron chi connectivity index (χ0n) is 14.8. The molecule has 0 bridgehead atoms. The molecule has 2 rings (SSSR count). The van der Waals surface area contributed by atoms with Crippen molar-refractivity contribution in [3.8, 4) is 11.8 Å². The number of aryl methyl sites for hydroxylation is 2. The van der Waals surface area contributed by atoms with Crippen molar-refractivity contribution in [3.05, 3.63) is 59.2 Å². The molecular formula is C20H21N3O3. The first kappa shape index (κ1) is 19.0. The van der Waals surface area contributed by atoms with Crippen molar-refractivity contribution in [1.82, 2.24) is 5.32 Å². The van der Waals surface area contributed by atoms with E-state index < -0.39 is 0 Å². The molecule has 2 aromatic carbocycles. The molecule has 2 amide bonds. The molecule has 0 fully saturated rings. The second kappa shape index (κ2) is 9.23. The highest BCUT2D eigenvalue weighted by atomic mass is 16.5. The van der Waals surface area contributed by atoms with Gasteiger partial charge in [0.25, 0.3) is 0 Å². The summed E-state index contributed by atoms with van der Waals surface area (Å²) < 4.78 is 5.21. The molecule has 0 saturated heterocycles. The van der Waals surface area contributed by atoms with E-state index in [4.69, 9.17) is 10.00 Å². The third kappa shape index (κ3) is 5.64. The quantitative estimate of drug-likeness (QED) is 0.802. The molecule has 0 unspecified atom stereocenters. The number of nitriles is 1. The minimum absolute atomic E-state index is 0.108. The van der Waals surface area contributed by atoms with Gasteiger partial charge in [-0.3, -0.25) is 9.59 Å². The third-order valence-corrected chi connectivity index (χ3v) is 3.80. The summed E-state index contributed by atoms with van der Waals surface area (Å²) >= 11 is 0. The Balaban J connectivity index is 1.78. The lowest BCUT2D eigenvalue weighted by Crippen LogP contribution is -2.33. The first-order valence-electron chi connectivity index (χ1n) is 8.22. The monoisotopic (exact) mass is 351 g/mol. The van der Waals surface area contributed by atoms with E-state index in [1.54, 1.807) is 18.2 Å². The third-order valence-electron chi connectivity index (χ3n) is 3.80. The lowest BCUT2D eigenvalue weighted by Gasteiger charge is -2.11. The second-order valence-corrected chi connectivity index (χ2v) is 5.84. The van der Waals surface area contributed by atoms with Gasteiger partial charge in [0.1, 0.15) is 5.75 Å². The van der Waals surface area contributed by atoms with Crippen LogP contribution in [0.2, 0.25) is 0 Å². The number of anilines is 1. The number of methoxy groups -OCH3 is 1. The number of benzene rings is 2. The molecule has 0 aliphatic heterocycles. The Hall–Kier alpha value is -3.33. The maximum absolute atomic E-state index is 12.0. The number of ether oxygens (including phenoxy) is 1. The molecule has 0 aromatic heterocycles. The van der Waals surface area contributed by atoms with E-state index in [9.17, 15) is 9.59 Å². The fourth-order valence-electron chi connectivity index (χ4n) is 2.38. The van der Waals surface area contributed by atoms with Crippen molar-refractivity contribution in [1.29, 1.82) is 5.26 Å². The van der Waals surface area contributed by atoms with Gasteiger partial charge in [-0.15, -0.1) is 0 Å². The normalized spacial score (nSPS) is 9.88. The lowest BCUT2D eigenvalue weighted by atomic mass is 10.1. The first-order chi connectivity index (χ1) is 12.5. The van der Waals surface area contributed by atoms with Crippen molar-refractivity contribution in [3.63, 3.8) is 0 Å². The summed E-state index contributed by atoms with van der Waals surface area (Å²) in [4.78, 5) is 23.9. The predicted octanol–water partition coefficient (Wildman–Crippen LogP) is 2.56.